The van der Waals surface area contributed by atoms with Crippen LogP contribution in [0.1, 0.15) is 22.3 Å². The number of anilines is 1. The van der Waals surface area contributed by atoms with E-state index in [0.717, 1.165) is 19.5 Å². The van der Waals surface area contributed by atoms with Crippen molar-refractivity contribution in [3.05, 3.63) is 125 Å². The van der Waals surface area contributed by atoms with Crippen molar-refractivity contribution in [2.45, 2.75) is 19.5 Å². The van der Waals surface area contributed by atoms with Gasteiger partial charge < -0.3 is 4.90 Å². The minimum Gasteiger partial charge on any atom is -0.363 e. The number of hydrogen-bond donors (Lipinski definition) is 0. The molecule has 28 heavy (non-hydrogen) atoms. The van der Waals surface area contributed by atoms with Gasteiger partial charge in [0.2, 0.25) is 0 Å². The Morgan fingerprint density at radius 3 is 1.79 bits per heavy atom. The maximum atomic E-state index is 2.52. The van der Waals surface area contributed by atoms with Crippen LogP contribution in [0.2, 0.25) is 0 Å². The van der Waals surface area contributed by atoms with E-state index in [1.54, 1.807) is 0 Å². The van der Waals surface area contributed by atoms with Crippen LogP contribution in [-0.2, 0) is 19.5 Å². The summed E-state index contributed by atoms with van der Waals surface area (Å²) in [5.74, 6) is 0. The van der Waals surface area contributed by atoms with E-state index in [0.29, 0.717) is 0 Å². The Labute approximate surface area is 166 Å². The maximum absolute atomic E-state index is 2.52. The first-order valence-electron chi connectivity index (χ1n) is 9.91. The third kappa shape index (κ3) is 3.20. The highest BCUT2D eigenvalue weighted by Crippen LogP contribution is 2.41. The average molecular weight is 361 g/mol. The summed E-state index contributed by atoms with van der Waals surface area (Å²) in [7, 11) is 0. The second-order valence-corrected chi connectivity index (χ2v) is 7.46. The largest absolute Gasteiger partial charge is 0.363 e. The second kappa shape index (κ2) is 7.36. The highest BCUT2D eigenvalue weighted by molar-refractivity contribution is 5.82. The van der Waals surface area contributed by atoms with Crippen LogP contribution in [0.4, 0.5) is 5.69 Å². The van der Waals surface area contributed by atoms with E-state index < -0.39 is 0 Å². The molecule has 0 amide bonds. The lowest BCUT2D eigenvalue weighted by molar-refractivity contribution is 0.795. The van der Waals surface area contributed by atoms with Gasteiger partial charge in [0.1, 0.15) is 0 Å². The van der Waals surface area contributed by atoms with Gasteiger partial charge in [0.15, 0.2) is 0 Å². The van der Waals surface area contributed by atoms with Crippen molar-refractivity contribution in [2.75, 3.05) is 4.90 Å². The van der Waals surface area contributed by atoms with Crippen LogP contribution in [0.5, 0.6) is 0 Å². The van der Waals surface area contributed by atoms with Gasteiger partial charge in [-0.25, -0.2) is 0 Å². The summed E-state index contributed by atoms with van der Waals surface area (Å²) < 4.78 is 0. The number of rotatable bonds is 5. The molecule has 0 heterocycles. The molecule has 0 saturated heterocycles. The number of hydrogen-bond acceptors (Lipinski definition) is 1. The molecule has 0 spiro atoms. The Hall–Kier alpha value is -3.32. The Balaban J connectivity index is 1.56. The summed E-state index contributed by atoms with van der Waals surface area (Å²) in [5, 5.41) is 0. The molecule has 5 rings (SSSR count). The second-order valence-electron chi connectivity index (χ2n) is 7.46. The number of benzene rings is 4. The number of nitrogens with zero attached hydrogens (tertiary/aromatic N) is 1. The first-order chi connectivity index (χ1) is 13.9. The van der Waals surface area contributed by atoms with Crippen molar-refractivity contribution in [1.82, 2.24) is 0 Å². The molecule has 0 unspecified atom stereocenters. The van der Waals surface area contributed by atoms with Gasteiger partial charge in [0, 0.05) is 25.2 Å². The van der Waals surface area contributed by atoms with Gasteiger partial charge in [-0.15, -0.1) is 0 Å². The maximum Gasteiger partial charge on any atom is 0.0433 e. The highest BCUT2D eigenvalue weighted by atomic mass is 15.1. The third-order valence-electron chi connectivity index (χ3n) is 5.60. The first-order valence-corrected chi connectivity index (χ1v) is 9.91. The molecule has 0 atom stereocenters. The smallest absolute Gasteiger partial charge is 0.0433 e. The predicted octanol–water partition coefficient (Wildman–Crippen LogP) is 6.46. The number of fused-ring (bicyclic) bond motifs is 3. The SMILES string of the molecule is c1ccc(CN(Cc2ccccc2)c2cccc3c2Cc2ccccc2-3)cc1. The summed E-state index contributed by atoms with van der Waals surface area (Å²) in [4.78, 5) is 2.52. The highest BCUT2D eigenvalue weighted by Gasteiger charge is 2.23. The van der Waals surface area contributed by atoms with Gasteiger partial charge in [-0.3, -0.25) is 0 Å². The first kappa shape index (κ1) is 16.8. The van der Waals surface area contributed by atoms with Crippen molar-refractivity contribution >= 4 is 5.69 Å². The van der Waals surface area contributed by atoms with Crippen LogP contribution in [-0.4, -0.2) is 0 Å². The summed E-state index contributed by atoms with van der Waals surface area (Å²) in [5.41, 5.74) is 9.69. The molecule has 0 aromatic heterocycles. The van der Waals surface area contributed by atoms with Gasteiger partial charge in [-0.05, 0) is 39.4 Å². The standard InChI is InChI=1S/C27H23N/c1-3-10-21(11-4-1)19-28(20-22-12-5-2-6-13-22)27-17-9-16-25-24-15-8-7-14-23(24)18-26(25)27/h1-17H,18-20H2. The van der Waals surface area contributed by atoms with Crippen molar-refractivity contribution < 1.29 is 0 Å². The average Bonchev–Trinajstić information content (AvgIpc) is 3.14. The van der Waals surface area contributed by atoms with Crippen molar-refractivity contribution in [3.63, 3.8) is 0 Å². The van der Waals surface area contributed by atoms with Crippen LogP contribution in [0.15, 0.2) is 103 Å². The van der Waals surface area contributed by atoms with Gasteiger partial charge >= 0.3 is 0 Å². The van der Waals surface area contributed by atoms with Crippen LogP contribution in [0, 0.1) is 0 Å². The zero-order valence-corrected chi connectivity index (χ0v) is 15.9. The topological polar surface area (TPSA) is 3.24 Å². The summed E-state index contributed by atoms with van der Waals surface area (Å²) >= 11 is 0. The molecule has 4 aromatic rings. The molecule has 136 valence electrons. The third-order valence-corrected chi connectivity index (χ3v) is 5.60. The molecule has 1 heteroatoms. The van der Waals surface area contributed by atoms with E-state index >= 15 is 0 Å². The molecule has 1 aliphatic rings. The zero-order chi connectivity index (χ0) is 18.8. The molecular formula is C27H23N. The fourth-order valence-corrected chi connectivity index (χ4v) is 4.27. The van der Waals surface area contributed by atoms with Gasteiger partial charge in [-0.2, -0.15) is 0 Å². The van der Waals surface area contributed by atoms with Gasteiger partial charge in [0.05, 0.1) is 0 Å². The molecule has 1 nitrogen and oxygen atoms in total. The fraction of sp³-hybridized carbons (Fsp3) is 0.111. The lowest BCUT2D eigenvalue weighted by atomic mass is 10.0. The van der Waals surface area contributed by atoms with Crippen LogP contribution in [0.3, 0.4) is 0 Å². The minimum absolute atomic E-state index is 0.905. The lowest BCUT2D eigenvalue weighted by Gasteiger charge is -2.27. The monoisotopic (exact) mass is 361 g/mol. The minimum atomic E-state index is 0.905. The van der Waals surface area contributed by atoms with E-state index in [9.17, 15) is 0 Å². The summed E-state index contributed by atoms with van der Waals surface area (Å²) in [6, 6.07) is 37.1. The van der Waals surface area contributed by atoms with E-state index in [1.165, 1.54) is 39.1 Å². The Morgan fingerprint density at radius 1 is 0.536 bits per heavy atom. The molecular weight excluding hydrogens is 338 g/mol. The van der Waals surface area contributed by atoms with E-state index in [-0.39, 0.29) is 0 Å². The summed E-state index contributed by atoms with van der Waals surface area (Å²) in [6.45, 7) is 1.81. The molecule has 4 aromatic carbocycles. The van der Waals surface area contributed by atoms with E-state index in [1.807, 2.05) is 0 Å². The van der Waals surface area contributed by atoms with Crippen LogP contribution < -0.4 is 4.90 Å². The zero-order valence-electron chi connectivity index (χ0n) is 15.9. The molecule has 0 N–H and O–H groups in total. The van der Waals surface area contributed by atoms with Gasteiger partial charge in [0.25, 0.3) is 0 Å². The molecule has 0 saturated carbocycles. The molecule has 0 fully saturated rings. The molecule has 0 radical (unpaired) electrons. The van der Waals surface area contributed by atoms with Crippen molar-refractivity contribution in [1.29, 1.82) is 0 Å². The Bertz CT molecular complexity index is 1040. The molecule has 1 aliphatic carbocycles. The Morgan fingerprint density at radius 2 is 1.11 bits per heavy atom. The molecule has 0 bridgehead atoms. The quantitative estimate of drug-likeness (QED) is 0.347. The van der Waals surface area contributed by atoms with Gasteiger partial charge in [-0.1, -0.05) is 97.1 Å². The summed E-state index contributed by atoms with van der Waals surface area (Å²) in [6.07, 6.45) is 1.02. The van der Waals surface area contributed by atoms with E-state index in [2.05, 4.69) is 108 Å². The fourth-order valence-electron chi connectivity index (χ4n) is 4.27. The van der Waals surface area contributed by atoms with Crippen LogP contribution >= 0.6 is 0 Å². The van der Waals surface area contributed by atoms with Crippen molar-refractivity contribution in [2.24, 2.45) is 0 Å². The molecule has 0 aliphatic heterocycles. The van der Waals surface area contributed by atoms with Crippen LogP contribution in [0.25, 0.3) is 11.1 Å². The normalized spacial score (nSPS) is 11.7. The van der Waals surface area contributed by atoms with Crippen molar-refractivity contribution in [3.8, 4) is 11.1 Å². The Kier molecular flexibility index (Phi) is 4.42. The lowest BCUT2D eigenvalue weighted by Crippen LogP contribution is -2.23. The predicted molar refractivity (Wildman–Crippen MR) is 117 cm³/mol. The van der Waals surface area contributed by atoms with E-state index in [4.69, 9.17) is 0 Å².